The number of imidazole rings is 1. The SMILES string of the molecule is CC(C)c1nc(C2CCCN2C(=O)c2cn3ccccc3n2)no1. The van der Waals surface area contributed by atoms with Gasteiger partial charge in [0.25, 0.3) is 5.91 Å². The molecule has 0 aromatic carbocycles. The number of carbonyl (C=O) groups is 1. The Balaban J connectivity index is 1.62. The third kappa shape index (κ3) is 2.46. The van der Waals surface area contributed by atoms with Gasteiger partial charge in [-0.25, -0.2) is 4.98 Å². The summed E-state index contributed by atoms with van der Waals surface area (Å²) < 4.78 is 7.15. The summed E-state index contributed by atoms with van der Waals surface area (Å²) >= 11 is 0. The minimum absolute atomic E-state index is 0.0860. The highest BCUT2D eigenvalue weighted by molar-refractivity contribution is 5.93. The van der Waals surface area contributed by atoms with Gasteiger partial charge in [-0.15, -0.1) is 0 Å². The van der Waals surface area contributed by atoms with Crippen molar-refractivity contribution in [3.8, 4) is 0 Å². The fourth-order valence-corrected chi connectivity index (χ4v) is 3.08. The zero-order valence-corrected chi connectivity index (χ0v) is 13.7. The molecule has 1 atom stereocenters. The van der Waals surface area contributed by atoms with Gasteiger partial charge >= 0.3 is 0 Å². The Morgan fingerprint density at radius 1 is 1.33 bits per heavy atom. The fourth-order valence-electron chi connectivity index (χ4n) is 3.08. The lowest BCUT2D eigenvalue weighted by Crippen LogP contribution is -2.31. The Morgan fingerprint density at radius 3 is 2.96 bits per heavy atom. The van der Waals surface area contributed by atoms with Crippen LogP contribution in [0.15, 0.2) is 35.1 Å². The smallest absolute Gasteiger partial charge is 0.274 e. The van der Waals surface area contributed by atoms with Crippen LogP contribution in [0.25, 0.3) is 5.65 Å². The van der Waals surface area contributed by atoms with Crippen molar-refractivity contribution in [3.63, 3.8) is 0 Å². The first-order chi connectivity index (χ1) is 11.6. The lowest BCUT2D eigenvalue weighted by Gasteiger charge is -2.21. The number of carbonyl (C=O) groups excluding carboxylic acids is 1. The molecule has 0 bridgehead atoms. The van der Waals surface area contributed by atoms with Crippen LogP contribution < -0.4 is 0 Å². The molecule has 0 N–H and O–H groups in total. The van der Waals surface area contributed by atoms with E-state index in [1.54, 1.807) is 11.1 Å². The molecule has 1 aliphatic heterocycles. The molecule has 1 aliphatic rings. The molecule has 24 heavy (non-hydrogen) atoms. The molecule has 0 saturated carbocycles. The van der Waals surface area contributed by atoms with Gasteiger partial charge in [0.15, 0.2) is 5.82 Å². The lowest BCUT2D eigenvalue weighted by molar-refractivity contribution is 0.0723. The third-order valence-electron chi connectivity index (χ3n) is 4.35. The van der Waals surface area contributed by atoms with Crippen molar-refractivity contribution in [2.75, 3.05) is 6.54 Å². The van der Waals surface area contributed by atoms with Gasteiger partial charge in [0.2, 0.25) is 5.89 Å². The summed E-state index contributed by atoms with van der Waals surface area (Å²) in [5, 5.41) is 4.08. The number of amides is 1. The average molecular weight is 325 g/mol. The summed E-state index contributed by atoms with van der Waals surface area (Å²) in [7, 11) is 0. The first kappa shape index (κ1) is 14.9. The van der Waals surface area contributed by atoms with Crippen molar-refractivity contribution in [3.05, 3.63) is 48.0 Å². The number of hydrogen-bond donors (Lipinski definition) is 0. The van der Waals surface area contributed by atoms with Crippen LogP contribution in [0.5, 0.6) is 0 Å². The second-order valence-corrected chi connectivity index (χ2v) is 6.39. The van der Waals surface area contributed by atoms with Crippen molar-refractivity contribution < 1.29 is 9.32 Å². The van der Waals surface area contributed by atoms with Gasteiger partial charge in [-0.3, -0.25) is 4.79 Å². The number of nitrogens with zero attached hydrogens (tertiary/aromatic N) is 5. The molecule has 7 nitrogen and oxygen atoms in total. The lowest BCUT2D eigenvalue weighted by atomic mass is 10.2. The van der Waals surface area contributed by atoms with Crippen LogP contribution in [-0.4, -0.2) is 36.9 Å². The highest BCUT2D eigenvalue weighted by atomic mass is 16.5. The topological polar surface area (TPSA) is 76.5 Å². The normalized spacial score (nSPS) is 18.0. The molecule has 1 saturated heterocycles. The summed E-state index contributed by atoms with van der Waals surface area (Å²) in [6, 6.07) is 5.56. The third-order valence-corrected chi connectivity index (χ3v) is 4.35. The molecule has 0 aliphatic carbocycles. The van der Waals surface area contributed by atoms with E-state index in [1.807, 2.05) is 42.6 Å². The van der Waals surface area contributed by atoms with E-state index in [4.69, 9.17) is 4.52 Å². The minimum atomic E-state index is -0.140. The van der Waals surface area contributed by atoms with Gasteiger partial charge in [-0.1, -0.05) is 25.1 Å². The molecular weight excluding hydrogens is 306 g/mol. The van der Waals surface area contributed by atoms with Gasteiger partial charge in [0.1, 0.15) is 11.3 Å². The molecule has 0 radical (unpaired) electrons. The Kier molecular flexibility index (Phi) is 3.55. The van der Waals surface area contributed by atoms with Crippen LogP contribution in [0.4, 0.5) is 0 Å². The van der Waals surface area contributed by atoms with Gasteiger partial charge in [0, 0.05) is 24.9 Å². The molecule has 7 heteroatoms. The second kappa shape index (κ2) is 5.74. The highest BCUT2D eigenvalue weighted by Crippen LogP contribution is 2.32. The van der Waals surface area contributed by atoms with E-state index in [9.17, 15) is 4.79 Å². The summed E-state index contributed by atoms with van der Waals surface area (Å²) in [5.74, 6) is 1.29. The van der Waals surface area contributed by atoms with Gasteiger partial charge in [0.05, 0.1) is 6.04 Å². The van der Waals surface area contributed by atoms with E-state index >= 15 is 0 Å². The second-order valence-electron chi connectivity index (χ2n) is 6.39. The molecule has 124 valence electrons. The van der Waals surface area contributed by atoms with Crippen LogP contribution >= 0.6 is 0 Å². The van der Waals surface area contributed by atoms with E-state index in [0.717, 1.165) is 18.5 Å². The molecule has 0 spiro atoms. The van der Waals surface area contributed by atoms with Gasteiger partial charge < -0.3 is 13.8 Å². The largest absolute Gasteiger partial charge is 0.339 e. The molecule has 4 rings (SSSR count). The maximum Gasteiger partial charge on any atom is 0.274 e. The average Bonchev–Trinajstić information content (AvgIpc) is 3.30. The number of hydrogen-bond acceptors (Lipinski definition) is 5. The van der Waals surface area contributed by atoms with Crippen molar-refractivity contribution in [1.82, 2.24) is 24.4 Å². The summed E-state index contributed by atoms with van der Waals surface area (Å²) in [6.07, 6.45) is 5.42. The first-order valence-electron chi connectivity index (χ1n) is 8.21. The van der Waals surface area contributed by atoms with Gasteiger partial charge in [-0.05, 0) is 25.0 Å². The van der Waals surface area contributed by atoms with Gasteiger partial charge in [-0.2, -0.15) is 4.98 Å². The van der Waals surface area contributed by atoms with Crippen molar-refractivity contribution in [2.45, 2.75) is 38.6 Å². The minimum Gasteiger partial charge on any atom is -0.339 e. The number of rotatable bonds is 3. The number of fused-ring (bicyclic) bond motifs is 1. The quantitative estimate of drug-likeness (QED) is 0.740. The van der Waals surface area contributed by atoms with Crippen molar-refractivity contribution in [2.24, 2.45) is 0 Å². The standard InChI is InChI=1S/C17H19N5O2/c1-11(2)16-19-15(20-24-16)13-6-5-9-22(13)17(23)12-10-21-8-4-3-7-14(21)18-12/h3-4,7-8,10-11,13H,5-6,9H2,1-2H3. The van der Waals surface area contributed by atoms with E-state index in [1.165, 1.54) is 0 Å². The summed E-state index contributed by atoms with van der Waals surface area (Å²) in [5.41, 5.74) is 1.21. The van der Waals surface area contributed by atoms with Crippen LogP contribution in [-0.2, 0) is 0 Å². The maximum absolute atomic E-state index is 12.9. The zero-order valence-electron chi connectivity index (χ0n) is 13.7. The highest BCUT2D eigenvalue weighted by Gasteiger charge is 2.35. The first-order valence-corrected chi connectivity index (χ1v) is 8.21. The monoisotopic (exact) mass is 325 g/mol. The Bertz CT molecular complexity index is 849. The van der Waals surface area contributed by atoms with Crippen molar-refractivity contribution >= 4 is 11.6 Å². The van der Waals surface area contributed by atoms with E-state index < -0.39 is 0 Å². The summed E-state index contributed by atoms with van der Waals surface area (Å²) in [6.45, 7) is 4.69. The van der Waals surface area contributed by atoms with Crippen LogP contribution in [0.1, 0.15) is 60.9 Å². The van der Waals surface area contributed by atoms with E-state index in [-0.39, 0.29) is 17.9 Å². The number of pyridine rings is 1. The molecular formula is C17H19N5O2. The van der Waals surface area contributed by atoms with Crippen molar-refractivity contribution in [1.29, 1.82) is 0 Å². The van der Waals surface area contributed by atoms with Crippen LogP contribution in [0, 0.1) is 0 Å². The molecule has 1 unspecified atom stereocenters. The Labute approximate surface area is 139 Å². The Hall–Kier alpha value is -2.70. The fraction of sp³-hybridized carbons (Fsp3) is 0.412. The zero-order chi connectivity index (χ0) is 16.7. The van der Waals surface area contributed by atoms with E-state index in [0.29, 0.717) is 24.0 Å². The molecule has 3 aromatic heterocycles. The number of likely N-dealkylation sites (tertiary alicyclic amines) is 1. The predicted molar refractivity (Wildman–Crippen MR) is 86.6 cm³/mol. The molecule has 3 aromatic rings. The number of aromatic nitrogens is 4. The predicted octanol–water partition coefficient (Wildman–Crippen LogP) is 2.82. The Morgan fingerprint density at radius 2 is 2.21 bits per heavy atom. The molecule has 1 fully saturated rings. The maximum atomic E-state index is 12.9. The van der Waals surface area contributed by atoms with E-state index in [2.05, 4.69) is 15.1 Å². The van der Waals surface area contributed by atoms with Crippen LogP contribution in [0.3, 0.4) is 0 Å². The molecule has 4 heterocycles. The molecule has 1 amide bonds. The van der Waals surface area contributed by atoms with Crippen LogP contribution in [0.2, 0.25) is 0 Å². The summed E-state index contributed by atoms with van der Waals surface area (Å²) in [4.78, 5) is 23.6.